The van der Waals surface area contributed by atoms with Crippen LogP contribution in [0.3, 0.4) is 0 Å². The highest BCUT2D eigenvalue weighted by molar-refractivity contribution is 7.85. The fourth-order valence-corrected chi connectivity index (χ4v) is 1.85. The third-order valence-electron chi connectivity index (χ3n) is 2.46. The molecule has 2 aromatic carbocycles. The van der Waals surface area contributed by atoms with E-state index in [-0.39, 0.29) is 10.5 Å². The molecule has 0 fully saturated rings. The molecule has 0 unspecified atom stereocenters. The van der Waals surface area contributed by atoms with E-state index < -0.39 is 21.8 Å². The summed E-state index contributed by atoms with van der Waals surface area (Å²) in [5.74, 6) is -1.31. The van der Waals surface area contributed by atoms with Crippen molar-refractivity contribution in [2.45, 2.75) is 11.8 Å². The van der Waals surface area contributed by atoms with Crippen LogP contribution in [0, 0.1) is 12.7 Å². The number of halogens is 1. The lowest BCUT2D eigenvalue weighted by Crippen LogP contribution is -2.12. The Bertz CT molecular complexity index is 727. The molecular weight excluding hydrogens is 297 g/mol. The van der Waals surface area contributed by atoms with Crippen LogP contribution >= 0.6 is 0 Å². The Kier molecular flexibility index (Phi) is 5.57. The molecule has 0 aromatic heterocycles. The Morgan fingerprint density at radius 1 is 1.10 bits per heavy atom. The van der Waals surface area contributed by atoms with Gasteiger partial charge >= 0.3 is 0 Å². The van der Waals surface area contributed by atoms with Crippen molar-refractivity contribution in [2.75, 3.05) is 0 Å². The van der Waals surface area contributed by atoms with Gasteiger partial charge in [-0.05, 0) is 31.2 Å². The predicted molar refractivity (Wildman–Crippen MR) is 75.9 cm³/mol. The smallest absolute Gasteiger partial charge is 0.294 e. The van der Waals surface area contributed by atoms with Crippen molar-refractivity contribution < 1.29 is 22.2 Å². The van der Waals surface area contributed by atoms with Gasteiger partial charge in [-0.2, -0.15) is 8.42 Å². The summed E-state index contributed by atoms with van der Waals surface area (Å²) in [5, 5.41) is 0. The van der Waals surface area contributed by atoms with E-state index in [1.54, 1.807) is 18.2 Å². The Labute approximate surface area is 122 Å². The van der Waals surface area contributed by atoms with Crippen LogP contribution in [0.1, 0.15) is 15.9 Å². The summed E-state index contributed by atoms with van der Waals surface area (Å²) in [4.78, 5) is 10.3. The maximum absolute atomic E-state index is 12.5. The topological polar surface area (TPSA) is 97.5 Å². The van der Waals surface area contributed by atoms with E-state index in [1.165, 1.54) is 30.3 Å². The summed E-state index contributed by atoms with van der Waals surface area (Å²) in [6.45, 7) is 1.84. The number of hydrogen-bond donors (Lipinski definition) is 2. The van der Waals surface area contributed by atoms with Crippen molar-refractivity contribution in [1.29, 1.82) is 0 Å². The molecule has 0 aliphatic heterocycles. The maximum Gasteiger partial charge on any atom is 0.294 e. The van der Waals surface area contributed by atoms with Gasteiger partial charge in [-0.25, -0.2) is 4.39 Å². The molecule has 0 saturated heterocycles. The first-order valence-electron chi connectivity index (χ1n) is 5.80. The molecule has 112 valence electrons. The van der Waals surface area contributed by atoms with E-state index in [2.05, 4.69) is 0 Å². The molecule has 0 heterocycles. The molecule has 0 aliphatic carbocycles. The second-order valence-electron chi connectivity index (χ2n) is 4.13. The Balaban J connectivity index is 0.000000211. The van der Waals surface area contributed by atoms with E-state index in [9.17, 15) is 17.6 Å². The number of benzene rings is 2. The number of rotatable bonds is 2. The van der Waals surface area contributed by atoms with Crippen molar-refractivity contribution in [2.24, 2.45) is 5.73 Å². The van der Waals surface area contributed by atoms with Crippen LogP contribution in [0.4, 0.5) is 4.39 Å². The Morgan fingerprint density at radius 3 is 2.00 bits per heavy atom. The number of primary amides is 1. The van der Waals surface area contributed by atoms with Gasteiger partial charge in [0.15, 0.2) is 0 Å². The zero-order chi connectivity index (χ0) is 16.0. The molecular formula is C14H14FNO4S. The molecule has 0 saturated carbocycles. The third kappa shape index (κ3) is 5.33. The number of amides is 1. The second-order valence-corrected chi connectivity index (χ2v) is 5.55. The summed E-state index contributed by atoms with van der Waals surface area (Å²) in [6, 6.07) is 11.6. The van der Waals surface area contributed by atoms with Gasteiger partial charge in [0, 0.05) is 0 Å². The minimum Gasteiger partial charge on any atom is -0.366 e. The molecule has 1 amide bonds. The highest BCUT2D eigenvalue weighted by Crippen LogP contribution is 2.08. The Hall–Kier alpha value is -2.25. The molecule has 5 nitrogen and oxygen atoms in total. The molecule has 0 atom stereocenters. The van der Waals surface area contributed by atoms with Gasteiger partial charge < -0.3 is 5.73 Å². The van der Waals surface area contributed by atoms with E-state index in [0.29, 0.717) is 0 Å². The summed E-state index contributed by atoms with van der Waals surface area (Å²) in [5.41, 5.74) is 5.72. The van der Waals surface area contributed by atoms with Crippen molar-refractivity contribution in [3.05, 3.63) is 65.5 Å². The highest BCUT2D eigenvalue weighted by Gasteiger charge is 2.06. The van der Waals surface area contributed by atoms with Gasteiger partial charge in [0.05, 0.1) is 10.5 Å². The third-order valence-corrected chi connectivity index (χ3v) is 3.33. The minimum atomic E-state index is -4.02. The molecule has 7 heteroatoms. The quantitative estimate of drug-likeness (QED) is 0.830. The monoisotopic (exact) mass is 311 g/mol. The van der Waals surface area contributed by atoms with Crippen LogP contribution in [-0.2, 0) is 10.1 Å². The van der Waals surface area contributed by atoms with Gasteiger partial charge in [-0.15, -0.1) is 0 Å². The lowest BCUT2D eigenvalue weighted by Gasteiger charge is -1.95. The molecule has 0 radical (unpaired) electrons. The molecule has 3 N–H and O–H groups in total. The lowest BCUT2D eigenvalue weighted by atomic mass is 10.2. The fraction of sp³-hybridized carbons (Fsp3) is 0.0714. The minimum absolute atomic E-state index is 0.0666. The largest absolute Gasteiger partial charge is 0.366 e. The van der Waals surface area contributed by atoms with E-state index in [1.807, 2.05) is 6.92 Å². The number of carbonyl (C=O) groups excluding carboxylic acids is 1. The first kappa shape index (κ1) is 16.8. The van der Waals surface area contributed by atoms with Gasteiger partial charge in [0.2, 0.25) is 0 Å². The standard InChI is InChI=1S/C7H6FNO.C7H8O3S/c8-6-4-2-1-3-5(6)7(9)10;1-6-2-4-7(5-3-6)11(8,9)10/h1-4H,(H2,9,10);2-5H,1H3,(H,8,9,10). The molecule has 21 heavy (non-hydrogen) atoms. The summed E-state index contributed by atoms with van der Waals surface area (Å²) >= 11 is 0. The summed E-state index contributed by atoms with van der Waals surface area (Å²) in [7, 11) is -4.02. The summed E-state index contributed by atoms with van der Waals surface area (Å²) < 4.78 is 42.1. The van der Waals surface area contributed by atoms with Crippen LogP contribution in [0.15, 0.2) is 53.4 Å². The van der Waals surface area contributed by atoms with E-state index in [0.717, 1.165) is 5.56 Å². The molecule has 2 rings (SSSR count). The number of hydrogen-bond acceptors (Lipinski definition) is 3. The van der Waals surface area contributed by atoms with Crippen LogP contribution in [-0.4, -0.2) is 18.9 Å². The zero-order valence-corrected chi connectivity index (χ0v) is 12.0. The van der Waals surface area contributed by atoms with Crippen molar-refractivity contribution >= 4 is 16.0 Å². The average Bonchev–Trinajstić information content (AvgIpc) is 2.39. The Morgan fingerprint density at radius 2 is 1.62 bits per heavy atom. The van der Waals surface area contributed by atoms with Gasteiger partial charge in [-0.1, -0.05) is 29.8 Å². The number of carbonyl (C=O) groups is 1. The molecule has 0 aliphatic rings. The van der Waals surface area contributed by atoms with Crippen LogP contribution in [0.25, 0.3) is 0 Å². The highest BCUT2D eigenvalue weighted by atomic mass is 32.2. The summed E-state index contributed by atoms with van der Waals surface area (Å²) in [6.07, 6.45) is 0. The first-order chi connectivity index (χ1) is 9.71. The number of nitrogens with two attached hydrogens (primary N) is 1. The van der Waals surface area contributed by atoms with Gasteiger partial charge in [0.25, 0.3) is 16.0 Å². The normalized spacial score (nSPS) is 10.4. The van der Waals surface area contributed by atoms with Crippen molar-refractivity contribution in [3.63, 3.8) is 0 Å². The van der Waals surface area contributed by atoms with E-state index in [4.69, 9.17) is 10.3 Å². The van der Waals surface area contributed by atoms with Crippen molar-refractivity contribution in [1.82, 2.24) is 0 Å². The number of aryl methyl sites for hydroxylation is 1. The molecule has 2 aromatic rings. The van der Waals surface area contributed by atoms with Crippen LogP contribution < -0.4 is 5.73 Å². The SMILES string of the molecule is Cc1ccc(S(=O)(=O)O)cc1.NC(=O)c1ccccc1F. The first-order valence-corrected chi connectivity index (χ1v) is 7.24. The van der Waals surface area contributed by atoms with Crippen LogP contribution in [0.2, 0.25) is 0 Å². The second kappa shape index (κ2) is 6.96. The zero-order valence-electron chi connectivity index (χ0n) is 11.2. The predicted octanol–water partition coefficient (Wildman–Crippen LogP) is 2.17. The maximum atomic E-state index is 12.5. The van der Waals surface area contributed by atoms with E-state index >= 15 is 0 Å². The molecule has 0 spiro atoms. The lowest BCUT2D eigenvalue weighted by molar-refractivity contribution is 0.0996. The average molecular weight is 311 g/mol. The fourth-order valence-electron chi connectivity index (χ4n) is 1.37. The molecule has 0 bridgehead atoms. The van der Waals surface area contributed by atoms with Crippen molar-refractivity contribution in [3.8, 4) is 0 Å². The van der Waals surface area contributed by atoms with Crippen LogP contribution in [0.5, 0.6) is 0 Å². The van der Waals surface area contributed by atoms with Gasteiger partial charge in [0.1, 0.15) is 5.82 Å². The van der Waals surface area contributed by atoms with Gasteiger partial charge in [-0.3, -0.25) is 9.35 Å².